The molecule has 3 rings (SSSR count). The van der Waals surface area contributed by atoms with Gasteiger partial charge in [0.05, 0.1) is 4.92 Å². The maximum atomic E-state index is 10.9. The van der Waals surface area contributed by atoms with Crippen LogP contribution in [0.25, 0.3) is 11.1 Å². The van der Waals surface area contributed by atoms with Crippen molar-refractivity contribution in [3.05, 3.63) is 28.3 Å². The first-order valence-corrected chi connectivity index (χ1v) is 7.69. The fourth-order valence-electron chi connectivity index (χ4n) is 2.42. The molecule has 1 aromatic carbocycles. The highest BCUT2D eigenvalue weighted by atomic mass is 32.2. The van der Waals surface area contributed by atoms with E-state index in [1.54, 1.807) is 12.1 Å². The van der Waals surface area contributed by atoms with Gasteiger partial charge >= 0.3 is 0 Å². The van der Waals surface area contributed by atoms with Crippen LogP contribution in [0, 0.1) is 10.1 Å². The van der Waals surface area contributed by atoms with E-state index in [4.69, 9.17) is 4.42 Å². The Labute approximate surface area is 120 Å². The average Bonchev–Trinajstić information content (AvgIpc) is 2.80. The molecule has 6 nitrogen and oxygen atoms in total. The summed E-state index contributed by atoms with van der Waals surface area (Å²) < 4.78 is 5.79. The van der Waals surface area contributed by atoms with E-state index in [2.05, 4.69) is 16.6 Å². The first kappa shape index (κ1) is 13.2. The number of anilines is 1. The second-order valence-electron chi connectivity index (χ2n) is 4.99. The van der Waals surface area contributed by atoms with Crippen LogP contribution in [-0.2, 0) is 0 Å². The van der Waals surface area contributed by atoms with Gasteiger partial charge in [0.15, 0.2) is 11.1 Å². The van der Waals surface area contributed by atoms with E-state index in [-0.39, 0.29) is 10.4 Å². The van der Waals surface area contributed by atoms with Crippen molar-refractivity contribution in [1.82, 2.24) is 4.98 Å². The fourth-order valence-corrected chi connectivity index (χ4v) is 3.33. The van der Waals surface area contributed by atoms with Crippen LogP contribution in [0.3, 0.4) is 0 Å². The van der Waals surface area contributed by atoms with Gasteiger partial charge < -0.3 is 9.73 Å². The molecule has 20 heavy (non-hydrogen) atoms. The minimum atomic E-state index is -0.441. The van der Waals surface area contributed by atoms with Crippen molar-refractivity contribution in [3.63, 3.8) is 0 Å². The minimum absolute atomic E-state index is 0.0254. The van der Waals surface area contributed by atoms with Gasteiger partial charge in [-0.3, -0.25) is 10.1 Å². The highest BCUT2D eigenvalue weighted by Crippen LogP contribution is 2.42. The topological polar surface area (TPSA) is 81.2 Å². The van der Waals surface area contributed by atoms with Crippen LogP contribution >= 0.6 is 11.8 Å². The zero-order valence-electron chi connectivity index (χ0n) is 11.1. The Morgan fingerprint density at radius 2 is 2.35 bits per heavy atom. The predicted octanol–water partition coefficient (Wildman–Crippen LogP) is 3.43. The molecule has 0 spiro atoms. The summed E-state index contributed by atoms with van der Waals surface area (Å²) in [7, 11) is 0. The van der Waals surface area contributed by atoms with Crippen molar-refractivity contribution in [2.75, 3.05) is 18.1 Å². The third-order valence-corrected chi connectivity index (χ3v) is 5.27. The van der Waals surface area contributed by atoms with Crippen LogP contribution in [0.15, 0.2) is 22.6 Å². The Morgan fingerprint density at radius 1 is 1.55 bits per heavy atom. The van der Waals surface area contributed by atoms with E-state index >= 15 is 0 Å². The molecule has 1 heterocycles. The minimum Gasteiger partial charge on any atom is -0.423 e. The molecule has 1 N–H and O–H groups in total. The Balaban J connectivity index is 1.82. The van der Waals surface area contributed by atoms with Gasteiger partial charge in [0, 0.05) is 17.4 Å². The molecule has 0 amide bonds. The largest absolute Gasteiger partial charge is 0.423 e. The molecule has 1 fully saturated rings. The molecular weight excluding hydrogens is 278 g/mol. The van der Waals surface area contributed by atoms with Gasteiger partial charge in [-0.05, 0) is 25.2 Å². The number of benzene rings is 1. The molecule has 1 saturated carbocycles. The number of para-hydroxylation sites is 1. The van der Waals surface area contributed by atoms with Crippen molar-refractivity contribution in [2.45, 2.75) is 24.0 Å². The number of nitrogens with one attached hydrogen (secondary N) is 1. The molecule has 1 aliphatic carbocycles. The summed E-state index contributed by atoms with van der Waals surface area (Å²) in [5.41, 5.74) is 0.711. The monoisotopic (exact) mass is 293 g/mol. The molecule has 0 atom stereocenters. The number of rotatable bonds is 5. The number of nitro groups is 1. The summed E-state index contributed by atoms with van der Waals surface area (Å²) >= 11 is 1.85. The SMILES string of the molecule is CSC1(CNc2nc3c([N+](=O)[O-])cccc3o2)CCC1. The second kappa shape index (κ2) is 4.97. The molecular formula is C13H15N3O3S. The Kier molecular flexibility index (Phi) is 3.29. The van der Waals surface area contributed by atoms with Crippen molar-refractivity contribution >= 4 is 34.6 Å². The van der Waals surface area contributed by atoms with Crippen molar-refractivity contribution < 1.29 is 9.34 Å². The normalized spacial score (nSPS) is 16.9. The number of non-ortho nitro benzene ring substituents is 1. The lowest BCUT2D eigenvalue weighted by atomic mass is 9.84. The molecule has 2 aromatic rings. The summed E-state index contributed by atoms with van der Waals surface area (Å²) in [5.74, 6) is 0. The Bertz CT molecular complexity index is 646. The lowest BCUT2D eigenvalue weighted by Gasteiger charge is -2.40. The van der Waals surface area contributed by atoms with Crippen molar-refractivity contribution in [2.24, 2.45) is 0 Å². The van der Waals surface area contributed by atoms with E-state index < -0.39 is 4.92 Å². The third kappa shape index (κ3) is 2.22. The van der Waals surface area contributed by atoms with Gasteiger partial charge in [-0.1, -0.05) is 12.5 Å². The number of thioether (sulfide) groups is 1. The van der Waals surface area contributed by atoms with E-state index in [0.29, 0.717) is 17.1 Å². The highest BCUT2D eigenvalue weighted by molar-refractivity contribution is 8.00. The number of oxazole rings is 1. The summed E-state index contributed by atoms with van der Waals surface area (Å²) in [4.78, 5) is 14.7. The lowest BCUT2D eigenvalue weighted by molar-refractivity contribution is -0.383. The lowest BCUT2D eigenvalue weighted by Crippen LogP contribution is -2.40. The van der Waals surface area contributed by atoms with Crippen LogP contribution < -0.4 is 5.32 Å². The van der Waals surface area contributed by atoms with Crippen molar-refractivity contribution in [3.8, 4) is 0 Å². The summed E-state index contributed by atoms with van der Waals surface area (Å²) in [6.07, 6.45) is 5.72. The van der Waals surface area contributed by atoms with E-state index in [9.17, 15) is 10.1 Å². The first-order chi connectivity index (χ1) is 9.63. The summed E-state index contributed by atoms with van der Waals surface area (Å²) in [6.45, 7) is 0.773. The maximum absolute atomic E-state index is 10.9. The molecule has 0 radical (unpaired) electrons. The number of fused-ring (bicyclic) bond motifs is 1. The molecule has 7 heteroatoms. The standard InChI is InChI=1S/C13H15N3O3S/c1-20-13(6-3-7-13)8-14-12-15-11-9(16(17)18)4-2-5-10(11)19-12/h2,4-5H,3,6-8H2,1H3,(H,14,15). The number of aromatic nitrogens is 1. The second-order valence-corrected chi connectivity index (χ2v) is 6.27. The number of hydrogen-bond acceptors (Lipinski definition) is 6. The zero-order chi connectivity index (χ0) is 14.2. The van der Waals surface area contributed by atoms with Gasteiger partial charge in [-0.25, -0.2) is 0 Å². The fraction of sp³-hybridized carbons (Fsp3) is 0.462. The van der Waals surface area contributed by atoms with Gasteiger partial charge in [0.2, 0.25) is 0 Å². The molecule has 0 unspecified atom stereocenters. The van der Waals surface area contributed by atoms with Crippen LogP contribution in [0.1, 0.15) is 19.3 Å². The quantitative estimate of drug-likeness (QED) is 0.672. The van der Waals surface area contributed by atoms with Crippen molar-refractivity contribution in [1.29, 1.82) is 0 Å². The van der Waals surface area contributed by atoms with E-state index in [0.717, 1.165) is 6.54 Å². The molecule has 1 aromatic heterocycles. The summed E-state index contributed by atoms with van der Waals surface area (Å²) in [6, 6.07) is 5.08. The van der Waals surface area contributed by atoms with Crippen LogP contribution in [-0.4, -0.2) is 27.5 Å². The van der Waals surface area contributed by atoms with Gasteiger partial charge in [-0.15, -0.1) is 0 Å². The summed E-state index contributed by atoms with van der Waals surface area (Å²) in [5, 5.41) is 14.1. The highest BCUT2D eigenvalue weighted by Gasteiger charge is 2.36. The molecule has 0 bridgehead atoms. The smallest absolute Gasteiger partial charge is 0.298 e. The van der Waals surface area contributed by atoms with E-state index in [1.165, 1.54) is 25.3 Å². The third-order valence-electron chi connectivity index (χ3n) is 3.85. The first-order valence-electron chi connectivity index (χ1n) is 6.46. The van der Waals surface area contributed by atoms with Crippen LogP contribution in [0.5, 0.6) is 0 Å². The van der Waals surface area contributed by atoms with Gasteiger partial charge in [-0.2, -0.15) is 16.7 Å². The molecule has 0 aliphatic heterocycles. The van der Waals surface area contributed by atoms with E-state index in [1.807, 2.05) is 11.8 Å². The molecule has 106 valence electrons. The average molecular weight is 293 g/mol. The number of hydrogen-bond donors (Lipinski definition) is 1. The Hall–Kier alpha value is -1.76. The number of nitrogens with zero attached hydrogens (tertiary/aromatic N) is 2. The predicted molar refractivity (Wildman–Crippen MR) is 79.3 cm³/mol. The molecule has 1 aliphatic rings. The molecule has 0 saturated heterocycles. The van der Waals surface area contributed by atoms with Gasteiger partial charge in [0.25, 0.3) is 11.7 Å². The van der Waals surface area contributed by atoms with Gasteiger partial charge in [0.1, 0.15) is 0 Å². The number of nitro benzene ring substituents is 1. The zero-order valence-corrected chi connectivity index (χ0v) is 11.9. The van der Waals surface area contributed by atoms with Crippen LogP contribution in [0.2, 0.25) is 0 Å². The maximum Gasteiger partial charge on any atom is 0.298 e. The Morgan fingerprint density at radius 3 is 2.95 bits per heavy atom. The van der Waals surface area contributed by atoms with Crippen LogP contribution in [0.4, 0.5) is 11.7 Å².